The molecule has 0 aliphatic carbocycles. The summed E-state index contributed by atoms with van der Waals surface area (Å²) in [6.45, 7) is 9.01. The molecule has 144 valence electrons. The summed E-state index contributed by atoms with van der Waals surface area (Å²) in [5.41, 5.74) is 4.31. The molecular formula is C26H23PS2. The molecule has 5 aromatic rings. The van der Waals surface area contributed by atoms with Crippen molar-refractivity contribution in [2.45, 2.75) is 27.7 Å². The molecule has 3 heterocycles. The van der Waals surface area contributed by atoms with Crippen molar-refractivity contribution in [3.8, 4) is 27.3 Å². The van der Waals surface area contributed by atoms with Gasteiger partial charge in [-0.05, 0) is 56.1 Å². The van der Waals surface area contributed by atoms with Gasteiger partial charge in [0.05, 0.1) is 0 Å². The second-order valence-electron chi connectivity index (χ2n) is 7.57. The lowest BCUT2D eigenvalue weighted by molar-refractivity contribution is 1.58. The highest BCUT2D eigenvalue weighted by Gasteiger charge is 2.25. The highest BCUT2D eigenvalue weighted by molar-refractivity contribution is 7.66. The molecule has 0 bridgehead atoms. The van der Waals surface area contributed by atoms with Gasteiger partial charge >= 0.3 is 0 Å². The lowest BCUT2D eigenvalue weighted by Crippen LogP contribution is -1.81. The first-order valence-corrected chi connectivity index (χ1v) is 12.9. The van der Waals surface area contributed by atoms with Crippen LogP contribution in [0.25, 0.3) is 37.8 Å². The molecule has 0 aliphatic rings. The van der Waals surface area contributed by atoms with E-state index in [2.05, 4.69) is 94.4 Å². The van der Waals surface area contributed by atoms with E-state index in [1.165, 1.54) is 57.3 Å². The lowest BCUT2D eigenvalue weighted by Gasteiger charge is -2.10. The van der Waals surface area contributed by atoms with Crippen molar-refractivity contribution in [1.82, 2.24) is 0 Å². The Balaban J connectivity index is 2.00. The zero-order chi connectivity index (χ0) is 20.1. The zero-order valence-electron chi connectivity index (χ0n) is 17.1. The third-order valence-electron chi connectivity index (χ3n) is 5.50. The summed E-state index contributed by atoms with van der Waals surface area (Å²) in [5.74, 6) is 0. The minimum absolute atomic E-state index is 0.574. The Bertz CT molecular complexity index is 1330. The summed E-state index contributed by atoms with van der Waals surface area (Å²) in [7, 11) is -0.574. The predicted molar refractivity (Wildman–Crippen MR) is 134 cm³/mol. The number of rotatable bonds is 3. The summed E-state index contributed by atoms with van der Waals surface area (Å²) < 4.78 is 0. The standard InChI is InChI=1S/C26H23PS2/c1-16-14-22(18(3)28-16)25-21-12-8-9-13-24(21)27(20-10-6-5-7-11-20)26(25)23-15-17(2)29-19(23)4/h5-15H,1-4H3. The molecule has 2 aromatic carbocycles. The first-order chi connectivity index (χ1) is 14.0. The lowest BCUT2D eigenvalue weighted by atomic mass is 9.99. The molecule has 0 nitrogen and oxygen atoms in total. The van der Waals surface area contributed by atoms with Gasteiger partial charge in [-0.2, -0.15) is 0 Å². The molecule has 1 unspecified atom stereocenters. The molecule has 0 saturated carbocycles. The Labute approximate surface area is 181 Å². The van der Waals surface area contributed by atoms with Crippen LogP contribution in [0.4, 0.5) is 0 Å². The average molecular weight is 431 g/mol. The molecule has 0 amide bonds. The maximum atomic E-state index is 2.41. The maximum absolute atomic E-state index is 2.41. The fraction of sp³-hybridized carbons (Fsp3) is 0.154. The number of fused-ring (bicyclic) bond motifs is 1. The monoisotopic (exact) mass is 430 g/mol. The minimum atomic E-state index is -0.574. The molecule has 3 heteroatoms. The Morgan fingerprint density at radius 3 is 1.86 bits per heavy atom. The van der Waals surface area contributed by atoms with Crippen molar-refractivity contribution in [2.24, 2.45) is 0 Å². The van der Waals surface area contributed by atoms with E-state index < -0.39 is 7.53 Å². The maximum Gasteiger partial charge on any atom is 0.0158 e. The van der Waals surface area contributed by atoms with Crippen molar-refractivity contribution in [3.05, 3.63) is 86.2 Å². The van der Waals surface area contributed by atoms with Crippen molar-refractivity contribution < 1.29 is 0 Å². The number of hydrogen-bond acceptors (Lipinski definition) is 2. The van der Waals surface area contributed by atoms with E-state index in [0.717, 1.165) is 0 Å². The average Bonchev–Trinajstić information content (AvgIpc) is 3.34. The van der Waals surface area contributed by atoms with Gasteiger partial charge in [-0.15, -0.1) is 22.7 Å². The molecule has 0 saturated heterocycles. The molecule has 0 radical (unpaired) electrons. The molecule has 0 fully saturated rings. The topological polar surface area (TPSA) is 0 Å². The second kappa shape index (κ2) is 7.29. The van der Waals surface area contributed by atoms with Gasteiger partial charge < -0.3 is 0 Å². The predicted octanol–water partition coefficient (Wildman–Crippen LogP) is 9.51. The fourth-order valence-corrected chi connectivity index (χ4v) is 9.14. The summed E-state index contributed by atoms with van der Waals surface area (Å²) in [5, 5.41) is 5.88. The Morgan fingerprint density at radius 1 is 0.655 bits per heavy atom. The van der Waals surface area contributed by atoms with Crippen LogP contribution < -0.4 is 0 Å². The molecule has 0 N–H and O–H groups in total. The first kappa shape index (κ1) is 18.9. The molecule has 0 spiro atoms. The van der Waals surface area contributed by atoms with E-state index in [-0.39, 0.29) is 0 Å². The number of aryl methyl sites for hydroxylation is 4. The van der Waals surface area contributed by atoms with Crippen LogP contribution in [0.3, 0.4) is 0 Å². The van der Waals surface area contributed by atoms with Gasteiger partial charge in [0, 0.05) is 41.0 Å². The number of benzene rings is 2. The van der Waals surface area contributed by atoms with E-state index in [4.69, 9.17) is 0 Å². The van der Waals surface area contributed by atoms with Crippen molar-refractivity contribution >= 4 is 40.7 Å². The van der Waals surface area contributed by atoms with Crippen LogP contribution in [-0.4, -0.2) is 0 Å². The van der Waals surface area contributed by atoms with E-state index >= 15 is 0 Å². The molecule has 5 rings (SSSR count). The van der Waals surface area contributed by atoms with Crippen molar-refractivity contribution in [2.75, 3.05) is 0 Å². The molecule has 1 atom stereocenters. The van der Waals surface area contributed by atoms with Gasteiger partial charge in [-0.25, -0.2) is 0 Å². The van der Waals surface area contributed by atoms with Gasteiger partial charge in [-0.3, -0.25) is 0 Å². The first-order valence-electron chi connectivity index (χ1n) is 9.88. The van der Waals surface area contributed by atoms with Crippen LogP contribution in [0.15, 0.2) is 66.7 Å². The van der Waals surface area contributed by atoms with Crippen LogP contribution in [0.2, 0.25) is 0 Å². The third-order valence-corrected chi connectivity index (χ3v) is 10.0. The van der Waals surface area contributed by atoms with Crippen LogP contribution >= 0.6 is 30.2 Å². The summed E-state index contributed by atoms with van der Waals surface area (Å²) in [6, 6.07) is 25.0. The minimum Gasteiger partial charge on any atom is -0.145 e. The fourth-order valence-electron chi connectivity index (χ4n) is 4.36. The van der Waals surface area contributed by atoms with E-state index in [1.807, 2.05) is 22.7 Å². The van der Waals surface area contributed by atoms with Crippen LogP contribution in [-0.2, 0) is 0 Å². The SMILES string of the molecule is Cc1cc(-c2c(-c3cc(C)sc3C)p(-c3ccccc3)c3ccccc23)c(C)s1. The molecule has 3 aromatic heterocycles. The Morgan fingerprint density at radius 2 is 1.24 bits per heavy atom. The van der Waals surface area contributed by atoms with Crippen LogP contribution in [0.1, 0.15) is 19.5 Å². The van der Waals surface area contributed by atoms with Crippen molar-refractivity contribution in [3.63, 3.8) is 0 Å². The van der Waals surface area contributed by atoms with Crippen LogP contribution in [0, 0.1) is 27.7 Å². The molecule has 29 heavy (non-hydrogen) atoms. The van der Waals surface area contributed by atoms with Gasteiger partial charge in [0.1, 0.15) is 0 Å². The van der Waals surface area contributed by atoms with E-state index in [9.17, 15) is 0 Å². The smallest absolute Gasteiger partial charge is 0.0158 e. The summed E-state index contributed by atoms with van der Waals surface area (Å²) >= 11 is 3.83. The normalized spacial score (nSPS) is 12.1. The van der Waals surface area contributed by atoms with E-state index in [0.29, 0.717) is 0 Å². The highest BCUT2D eigenvalue weighted by atomic mass is 32.1. The number of thiophene rings is 2. The second-order valence-corrected chi connectivity index (χ2v) is 12.6. The van der Waals surface area contributed by atoms with Crippen molar-refractivity contribution in [1.29, 1.82) is 0 Å². The van der Waals surface area contributed by atoms with Gasteiger partial charge in [-0.1, -0.05) is 62.1 Å². The zero-order valence-corrected chi connectivity index (χ0v) is 19.6. The summed E-state index contributed by atoms with van der Waals surface area (Å²) in [6.07, 6.45) is 0. The molecular weight excluding hydrogens is 407 g/mol. The van der Waals surface area contributed by atoms with Gasteiger partial charge in [0.15, 0.2) is 0 Å². The highest BCUT2D eigenvalue weighted by Crippen LogP contribution is 2.62. The molecule has 0 aliphatic heterocycles. The quantitative estimate of drug-likeness (QED) is 0.267. The summed E-state index contributed by atoms with van der Waals surface area (Å²) in [4.78, 5) is 5.62. The largest absolute Gasteiger partial charge is 0.145 e. The van der Waals surface area contributed by atoms with Crippen LogP contribution in [0.5, 0.6) is 0 Å². The number of hydrogen-bond donors (Lipinski definition) is 0. The third kappa shape index (κ3) is 3.11. The van der Waals surface area contributed by atoms with Gasteiger partial charge in [0.2, 0.25) is 0 Å². The Kier molecular flexibility index (Phi) is 4.75. The Hall–Kier alpha value is -2.12. The van der Waals surface area contributed by atoms with E-state index in [1.54, 1.807) is 0 Å². The van der Waals surface area contributed by atoms with Gasteiger partial charge in [0.25, 0.3) is 0 Å².